The quantitative estimate of drug-likeness (QED) is 0.352. The molecule has 4 rings (SSSR count). The van der Waals surface area contributed by atoms with Crippen LogP contribution in [0.15, 0.2) is 72.8 Å². The number of amides is 2. The van der Waals surface area contributed by atoms with E-state index in [4.69, 9.17) is 0 Å². The zero-order chi connectivity index (χ0) is 23.8. The number of aryl methyl sites for hydroxylation is 3. The number of nitrogens with one attached hydrogen (secondary N) is 2. The molecule has 3 aromatic rings. The van der Waals surface area contributed by atoms with Gasteiger partial charge in [-0.25, -0.2) is 4.79 Å². The van der Waals surface area contributed by atoms with Crippen molar-refractivity contribution in [1.82, 2.24) is 4.90 Å². The fraction of sp³-hybridized carbons (Fsp3) is 0.345. The Labute approximate surface area is 215 Å². The zero-order valence-corrected chi connectivity index (χ0v) is 21.6. The Morgan fingerprint density at radius 3 is 2.06 bits per heavy atom. The van der Waals surface area contributed by atoms with E-state index in [1.54, 1.807) is 0 Å². The summed E-state index contributed by atoms with van der Waals surface area (Å²) < 4.78 is 0. The van der Waals surface area contributed by atoms with Crippen molar-refractivity contribution in [2.24, 2.45) is 0 Å². The van der Waals surface area contributed by atoms with Crippen LogP contribution in [-0.2, 0) is 6.42 Å². The molecule has 0 aliphatic carbocycles. The number of urea groups is 1. The summed E-state index contributed by atoms with van der Waals surface area (Å²) in [4.78, 5) is 17.4. The van der Waals surface area contributed by atoms with Gasteiger partial charge in [-0.15, -0.1) is 12.4 Å². The van der Waals surface area contributed by atoms with Crippen LogP contribution in [0.4, 0.5) is 21.9 Å². The van der Waals surface area contributed by atoms with Gasteiger partial charge in [0.15, 0.2) is 0 Å². The van der Waals surface area contributed by atoms with Gasteiger partial charge in [0.2, 0.25) is 0 Å². The van der Waals surface area contributed by atoms with Gasteiger partial charge in [-0.3, -0.25) is 4.90 Å². The predicted molar refractivity (Wildman–Crippen MR) is 150 cm³/mol. The first kappa shape index (κ1) is 26.6. The van der Waals surface area contributed by atoms with E-state index in [2.05, 4.69) is 69.0 Å². The van der Waals surface area contributed by atoms with E-state index in [0.717, 1.165) is 55.1 Å². The maximum Gasteiger partial charge on any atom is 0.323 e. The van der Waals surface area contributed by atoms with Gasteiger partial charge in [0, 0.05) is 43.2 Å². The molecule has 35 heavy (non-hydrogen) atoms. The van der Waals surface area contributed by atoms with Gasteiger partial charge >= 0.3 is 6.03 Å². The van der Waals surface area contributed by atoms with Crippen LogP contribution in [-0.4, -0.2) is 43.7 Å². The number of benzene rings is 3. The smallest absolute Gasteiger partial charge is 0.323 e. The number of piperazine rings is 1. The van der Waals surface area contributed by atoms with Crippen LogP contribution in [0.3, 0.4) is 0 Å². The first-order valence-corrected chi connectivity index (χ1v) is 12.3. The van der Waals surface area contributed by atoms with Crippen LogP contribution in [0, 0.1) is 13.8 Å². The molecule has 0 bridgehead atoms. The summed E-state index contributed by atoms with van der Waals surface area (Å²) in [6.45, 7) is 9.71. The van der Waals surface area contributed by atoms with Gasteiger partial charge < -0.3 is 15.5 Å². The Kier molecular flexibility index (Phi) is 10.0. The Bertz CT molecular complexity index is 1040. The predicted octanol–water partition coefficient (Wildman–Crippen LogP) is 6.51. The van der Waals surface area contributed by atoms with Crippen LogP contribution >= 0.6 is 12.4 Å². The molecule has 1 fully saturated rings. The minimum Gasteiger partial charge on any atom is -0.369 e. The Balaban J connectivity index is 0.00000342. The van der Waals surface area contributed by atoms with Crippen LogP contribution in [0.2, 0.25) is 0 Å². The van der Waals surface area contributed by atoms with Crippen molar-refractivity contribution in [3.8, 4) is 0 Å². The molecule has 0 saturated carbocycles. The number of carbonyl (C=O) groups excluding carboxylic acids is 1. The molecular weight excluding hydrogens is 456 g/mol. The summed E-state index contributed by atoms with van der Waals surface area (Å²) in [5.74, 6) is 0. The summed E-state index contributed by atoms with van der Waals surface area (Å²) in [5, 5.41) is 5.84. The molecule has 0 atom stereocenters. The Hall–Kier alpha value is -3.02. The molecule has 186 valence electrons. The van der Waals surface area contributed by atoms with E-state index in [1.165, 1.54) is 30.6 Å². The molecule has 1 aliphatic heterocycles. The monoisotopic (exact) mass is 492 g/mol. The standard InChI is InChI=1S/C29H36N4O.ClH/c1-23-20-24(2)22-27(21-23)31-29(34)30-26-13-11-25(12-14-26)8-6-7-15-32-16-18-33(19-17-32)28-9-4-3-5-10-28;/h3-5,9-14,20-22H,6-8,15-19H2,1-2H3,(H2,30,31,34);1H. The molecule has 2 N–H and O–H groups in total. The number of hydrogen-bond donors (Lipinski definition) is 2. The second-order valence-electron chi connectivity index (χ2n) is 9.27. The second kappa shape index (κ2) is 13.2. The van der Waals surface area contributed by atoms with Crippen molar-refractivity contribution >= 4 is 35.5 Å². The molecule has 2 amide bonds. The third-order valence-corrected chi connectivity index (χ3v) is 6.37. The maximum absolute atomic E-state index is 12.3. The number of carbonyl (C=O) groups is 1. The molecule has 5 nitrogen and oxygen atoms in total. The summed E-state index contributed by atoms with van der Waals surface area (Å²) in [6, 6.07) is 24.7. The zero-order valence-electron chi connectivity index (χ0n) is 20.8. The van der Waals surface area contributed by atoms with E-state index in [0.29, 0.717) is 0 Å². The van der Waals surface area contributed by atoms with Crippen molar-refractivity contribution in [1.29, 1.82) is 0 Å². The highest BCUT2D eigenvalue weighted by Crippen LogP contribution is 2.17. The molecule has 1 heterocycles. The summed E-state index contributed by atoms with van der Waals surface area (Å²) >= 11 is 0. The van der Waals surface area contributed by atoms with E-state index < -0.39 is 0 Å². The molecule has 0 aromatic heterocycles. The van der Waals surface area contributed by atoms with Crippen molar-refractivity contribution in [2.75, 3.05) is 48.3 Å². The number of para-hydroxylation sites is 1. The van der Waals surface area contributed by atoms with Crippen molar-refractivity contribution in [2.45, 2.75) is 33.1 Å². The van der Waals surface area contributed by atoms with Crippen LogP contribution < -0.4 is 15.5 Å². The Morgan fingerprint density at radius 1 is 0.771 bits per heavy atom. The van der Waals surface area contributed by atoms with Gasteiger partial charge in [-0.1, -0.05) is 36.4 Å². The molecule has 1 aliphatic rings. The fourth-order valence-electron chi connectivity index (χ4n) is 4.63. The number of unbranched alkanes of at least 4 members (excludes halogenated alkanes) is 1. The summed E-state index contributed by atoms with van der Waals surface area (Å²) in [6.07, 6.45) is 3.46. The van der Waals surface area contributed by atoms with Crippen LogP contribution in [0.1, 0.15) is 29.5 Å². The molecule has 6 heteroatoms. The largest absolute Gasteiger partial charge is 0.369 e. The Morgan fingerprint density at radius 2 is 1.40 bits per heavy atom. The van der Waals surface area contributed by atoms with Gasteiger partial charge in [0.1, 0.15) is 0 Å². The third kappa shape index (κ3) is 8.30. The van der Waals surface area contributed by atoms with Crippen LogP contribution in [0.5, 0.6) is 0 Å². The van der Waals surface area contributed by atoms with E-state index in [9.17, 15) is 4.79 Å². The summed E-state index contributed by atoms with van der Waals surface area (Å²) in [5.41, 5.74) is 6.54. The molecule has 0 spiro atoms. The highest BCUT2D eigenvalue weighted by molar-refractivity contribution is 5.99. The van der Waals surface area contributed by atoms with E-state index >= 15 is 0 Å². The lowest BCUT2D eigenvalue weighted by atomic mass is 10.1. The number of halogens is 1. The van der Waals surface area contributed by atoms with E-state index in [-0.39, 0.29) is 18.4 Å². The highest BCUT2D eigenvalue weighted by Gasteiger charge is 2.16. The number of hydrogen-bond acceptors (Lipinski definition) is 3. The fourth-order valence-corrected chi connectivity index (χ4v) is 4.63. The minimum absolute atomic E-state index is 0. The second-order valence-corrected chi connectivity index (χ2v) is 9.27. The third-order valence-electron chi connectivity index (χ3n) is 6.37. The number of nitrogens with zero attached hydrogens (tertiary/aromatic N) is 2. The normalized spacial score (nSPS) is 13.7. The van der Waals surface area contributed by atoms with Crippen molar-refractivity contribution in [3.05, 3.63) is 89.5 Å². The van der Waals surface area contributed by atoms with Crippen molar-refractivity contribution in [3.63, 3.8) is 0 Å². The topological polar surface area (TPSA) is 47.6 Å². The molecule has 0 radical (unpaired) electrons. The van der Waals surface area contributed by atoms with Gasteiger partial charge in [-0.05, 0) is 92.7 Å². The maximum atomic E-state index is 12.3. The minimum atomic E-state index is -0.217. The van der Waals surface area contributed by atoms with Crippen molar-refractivity contribution < 1.29 is 4.79 Å². The molecule has 1 saturated heterocycles. The average molecular weight is 493 g/mol. The number of rotatable bonds is 8. The lowest BCUT2D eigenvalue weighted by molar-refractivity contribution is 0.253. The molecular formula is C29H37ClN4O. The lowest BCUT2D eigenvalue weighted by Gasteiger charge is -2.36. The first-order chi connectivity index (χ1) is 16.5. The van der Waals surface area contributed by atoms with Gasteiger partial charge in [0.25, 0.3) is 0 Å². The van der Waals surface area contributed by atoms with E-state index in [1.807, 2.05) is 38.1 Å². The average Bonchev–Trinajstić information content (AvgIpc) is 2.83. The lowest BCUT2D eigenvalue weighted by Crippen LogP contribution is -2.46. The highest BCUT2D eigenvalue weighted by atomic mass is 35.5. The molecule has 3 aromatic carbocycles. The van der Waals surface area contributed by atoms with Gasteiger partial charge in [-0.2, -0.15) is 0 Å². The van der Waals surface area contributed by atoms with Crippen LogP contribution in [0.25, 0.3) is 0 Å². The first-order valence-electron chi connectivity index (χ1n) is 12.3. The molecule has 0 unspecified atom stereocenters. The van der Waals surface area contributed by atoms with Gasteiger partial charge in [0.05, 0.1) is 0 Å². The summed E-state index contributed by atoms with van der Waals surface area (Å²) in [7, 11) is 0. The number of anilines is 3. The SMILES string of the molecule is Cc1cc(C)cc(NC(=O)Nc2ccc(CCCCN3CCN(c4ccccc4)CC3)cc2)c1.Cl.